The van der Waals surface area contributed by atoms with E-state index in [2.05, 4.69) is 4.84 Å². The first-order chi connectivity index (χ1) is 23.2. The lowest BCUT2D eigenvalue weighted by molar-refractivity contribution is -0.757. The minimum Gasteiger partial charge on any atom is -0.464 e. The second-order valence-electron chi connectivity index (χ2n) is 14.0. The van der Waals surface area contributed by atoms with Crippen molar-refractivity contribution in [3.8, 4) is 0 Å². The van der Waals surface area contributed by atoms with Crippen molar-refractivity contribution in [3.05, 3.63) is 33.9 Å². The number of carbonyl (C=O) groups excluding carboxylic acids is 4. The van der Waals surface area contributed by atoms with E-state index in [1.54, 1.807) is 6.08 Å². The van der Waals surface area contributed by atoms with Gasteiger partial charge < -0.3 is 39.4 Å². The summed E-state index contributed by atoms with van der Waals surface area (Å²) >= 11 is 0. The molecule has 4 fully saturated rings. The van der Waals surface area contributed by atoms with Gasteiger partial charge in [-0.25, -0.2) is 9.18 Å². The van der Waals surface area contributed by atoms with Crippen molar-refractivity contribution in [1.29, 1.82) is 0 Å². The number of alkyl halides is 1. The molecular formula is C33H45FN2O13. The molecule has 3 N–H and O–H groups in total. The Labute approximate surface area is 282 Å². The molecule has 272 valence electrons. The Kier molecular flexibility index (Phi) is 10.8. The molecule has 0 aromatic carbocycles. The number of aliphatic hydroxyl groups excluding tert-OH is 1. The van der Waals surface area contributed by atoms with Gasteiger partial charge in [0.2, 0.25) is 5.78 Å². The molecule has 4 aliphatic carbocycles. The average molecular weight is 697 g/mol. The number of ketones is 2. The number of esters is 1. The van der Waals surface area contributed by atoms with E-state index in [9.17, 15) is 34.4 Å². The molecule has 3 saturated carbocycles. The number of rotatable bonds is 14. The predicted octanol–water partition coefficient (Wildman–Crippen LogP) is 2.68. The van der Waals surface area contributed by atoms with Gasteiger partial charge in [-0.2, -0.15) is 0 Å². The van der Waals surface area contributed by atoms with E-state index in [0.29, 0.717) is 24.8 Å². The Hall–Kier alpha value is -3.47. The van der Waals surface area contributed by atoms with Gasteiger partial charge in [-0.1, -0.05) is 33.3 Å². The maximum absolute atomic E-state index is 15.8. The molecule has 11 atom stereocenters. The summed E-state index contributed by atoms with van der Waals surface area (Å²) in [7, 11) is 0. The molecule has 0 amide bonds. The molecule has 2 unspecified atom stereocenters. The molecule has 1 aliphatic heterocycles. The van der Waals surface area contributed by atoms with Crippen LogP contribution in [0.1, 0.15) is 65.7 Å². The summed E-state index contributed by atoms with van der Waals surface area (Å²) in [6.07, 6.45) is 1.71. The van der Waals surface area contributed by atoms with Crippen LogP contribution in [0.3, 0.4) is 0 Å². The first kappa shape index (κ1) is 36.8. The minimum atomic E-state index is -1.60. The lowest BCUT2D eigenvalue weighted by Crippen LogP contribution is -2.64. The summed E-state index contributed by atoms with van der Waals surface area (Å²) < 4.78 is 43.7. The molecule has 0 radical (unpaired) electrons. The molecule has 1 heterocycles. The fourth-order valence-electron chi connectivity index (χ4n) is 9.14. The molecule has 16 heteroatoms. The van der Waals surface area contributed by atoms with E-state index >= 15 is 4.39 Å². The Morgan fingerprint density at radius 1 is 1.18 bits per heavy atom. The maximum atomic E-state index is 15.8. The van der Waals surface area contributed by atoms with E-state index in [0.717, 1.165) is 0 Å². The zero-order chi connectivity index (χ0) is 35.7. The second-order valence-corrected chi connectivity index (χ2v) is 14.0. The molecule has 5 rings (SSSR count). The number of aliphatic hydroxyl groups is 1. The van der Waals surface area contributed by atoms with Gasteiger partial charge >= 0.3 is 12.1 Å². The van der Waals surface area contributed by atoms with Gasteiger partial charge in [0.25, 0.3) is 5.09 Å². The number of halogens is 1. The van der Waals surface area contributed by atoms with Gasteiger partial charge in [0.15, 0.2) is 24.3 Å². The molecule has 0 bridgehead atoms. The third-order valence-electron chi connectivity index (χ3n) is 11.2. The smallest absolute Gasteiger partial charge is 0.464 e. The number of nitrogens with two attached hydrogens (primary N) is 1. The van der Waals surface area contributed by atoms with Gasteiger partial charge in [-0.3, -0.25) is 14.4 Å². The number of nitrogens with zero attached hydrogens (tertiary/aromatic N) is 1. The monoisotopic (exact) mass is 696 g/mol. The largest absolute Gasteiger partial charge is 0.508 e. The van der Waals surface area contributed by atoms with E-state index in [1.807, 2.05) is 20.8 Å². The number of Topliss-reactive ketones (excluding diaryl/α,β-unsaturated/α-hetero) is 1. The summed E-state index contributed by atoms with van der Waals surface area (Å²) in [6, 6.07) is -1.35. The summed E-state index contributed by atoms with van der Waals surface area (Å²) in [4.78, 5) is 65.3. The SMILES string of the molecule is CCCC1O[C@@H]2C[C@H]3[C@@H]4C[C@H](F)C5=CC(=O)C=C[C@]5(C)[C@H]4[C@@H](O)C[C@]3(C)[C@@]2(C(=O)COC(=O)OCC(N)C(=O)OCCCCO[N+](=O)[O-])O1. The molecule has 0 aromatic rings. The molecular weight excluding hydrogens is 651 g/mol. The average Bonchev–Trinajstić information content (AvgIpc) is 3.52. The second kappa shape index (κ2) is 14.4. The normalized spacial score (nSPS) is 37.9. The van der Waals surface area contributed by atoms with Crippen LogP contribution in [-0.2, 0) is 42.9 Å². The van der Waals surface area contributed by atoms with Crippen LogP contribution >= 0.6 is 0 Å². The van der Waals surface area contributed by atoms with Crippen LogP contribution in [0.2, 0.25) is 0 Å². The number of carbonyl (C=O) groups is 4. The Balaban J connectivity index is 1.24. The molecule has 49 heavy (non-hydrogen) atoms. The minimum absolute atomic E-state index is 0.0709. The van der Waals surface area contributed by atoms with Crippen molar-refractivity contribution in [2.24, 2.45) is 34.3 Å². The van der Waals surface area contributed by atoms with E-state index < -0.39 is 89.3 Å². The number of hydrogen-bond acceptors (Lipinski definition) is 14. The van der Waals surface area contributed by atoms with Gasteiger partial charge in [0.1, 0.15) is 18.8 Å². The lowest BCUT2D eigenvalue weighted by atomic mass is 9.46. The number of hydrogen-bond donors (Lipinski definition) is 2. The van der Waals surface area contributed by atoms with Gasteiger partial charge in [-0.15, -0.1) is 10.1 Å². The first-order valence-electron chi connectivity index (χ1n) is 16.8. The highest BCUT2D eigenvalue weighted by Gasteiger charge is 2.76. The highest BCUT2D eigenvalue weighted by Crippen LogP contribution is 2.70. The van der Waals surface area contributed by atoms with Crippen LogP contribution in [0, 0.1) is 38.7 Å². The van der Waals surface area contributed by atoms with E-state index in [-0.39, 0.29) is 56.5 Å². The van der Waals surface area contributed by atoms with Gasteiger partial charge in [-0.05, 0) is 68.1 Å². The zero-order valence-electron chi connectivity index (χ0n) is 27.9. The summed E-state index contributed by atoms with van der Waals surface area (Å²) in [5.41, 5.74) is 2.60. The Morgan fingerprint density at radius 2 is 1.92 bits per heavy atom. The van der Waals surface area contributed by atoms with Crippen molar-refractivity contribution in [2.45, 2.75) is 102 Å². The standard InChI is InChI=1S/C33H45FN2O13/c1-4-7-27-48-26-14-20-19-13-22(34)21-12-18(37)8-9-31(21,2)28(19)24(38)15-32(20,3)33(26,49-27)25(39)17-46-30(41)45-16-23(35)29(40)44-10-5-6-11-47-36(42)43/h8-9,12,19-20,22-24,26-28,38H,4-7,10-11,13-17,35H2,1-3H3/t19-,20-,22-,23?,24-,26+,27?,28+,31-,32-,33-/m0/s1. The van der Waals surface area contributed by atoms with Crippen molar-refractivity contribution < 1.29 is 62.3 Å². The molecule has 0 spiro atoms. The number of allylic oxidation sites excluding steroid dienone is 4. The number of ether oxygens (including phenoxy) is 5. The lowest BCUT2D eigenvalue weighted by Gasteiger charge is -2.60. The Bertz CT molecular complexity index is 1390. The number of unbranched alkanes of at least 4 members (excludes halogenated alkanes) is 1. The zero-order valence-corrected chi connectivity index (χ0v) is 27.9. The van der Waals surface area contributed by atoms with E-state index in [4.69, 9.17) is 29.4 Å². The molecule has 15 nitrogen and oxygen atoms in total. The Morgan fingerprint density at radius 3 is 2.63 bits per heavy atom. The van der Waals surface area contributed by atoms with Crippen LogP contribution in [-0.4, -0.2) is 96.6 Å². The van der Waals surface area contributed by atoms with Crippen molar-refractivity contribution in [3.63, 3.8) is 0 Å². The summed E-state index contributed by atoms with van der Waals surface area (Å²) in [5.74, 6) is -2.81. The van der Waals surface area contributed by atoms with Crippen molar-refractivity contribution in [2.75, 3.05) is 26.4 Å². The predicted molar refractivity (Wildman–Crippen MR) is 164 cm³/mol. The quantitative estimate of drug-likeness (QED) is 0.116. The third kappa shape index (κ3) is 6.71. The fraction of sp³-hybridized carbons (Fsp3) is 0.758. The summed E-state index contributed by atoms with van der Waals surface area (Å²) in [5, 5.41) is 21.0. The third-order valence-corrected chi connectivity index (χ3v) is 11.2. The van der Waals surface area contributed by atoms with Crippen molar-refractivity contribution >= 4 is 23.7 Å². The van der Waals surface area contributed by atoms with Gasteiger partial charge in [0, 0.05) is 16.7 Å². The summed E-state index contributed by atoms with van der Waals surface area (Å²) in [6.45, 7) is 4.06. The van der Waals surface area contributed by atoms with Crippen LogP contribution in [0.25, 0.3) is 0 Å². The molecule has 0 aromatic heterocycles. The van der Waals surface area contributed by atoms with Gasteiger partial charge in [0.05, 0.1) is 25.4 Å². The highest BCUT2D eigenvalue weighted by atomic mass is 19.1. The van der Waals surface area contributed by atoms with Crippen LogP contribution in [0.4, 0.5) is 9.18 Å². The van der Waals surface area contributed by atoms with Crippen molar-refractivity contribution in [1.82, 2.24) is 0 Å². The molecule has 1 saturated heterocycles. The topological polar surface area (TPSA) is 213 Å². The van der Waals surface area contributed by atoms with E-state index in [1.165, 1.54) is 12.2 Å². The number of fused-ring (bicyclic) bond motifs is 7. The molecule has 5 aliphatic rings. The first-order valence-corrected chi connectivity index (χ1v) is 16.8. The van der Waals surface area contributed by atoms with Crippen LogP contribution < -0.4 is 5.73 Å². The van der Waals surface area contributed by atoms with Crippen LogP contribution in [0.5, 0.6) is 0 Å². The van der Waals surface area contributed by atoms with Crippen LogP contribution in [0.15, 0.2) is 23.8 Å². The fourth-order valence-corrected chi connectivity index (χ4v) is 9.14. The maximum Gasteiger partial charge on any atom is 0.508 e. The highest BCUT2D eigenvalue weighted by molar-refractivity contribution is 6.01.